The summed E-state index contributed by atoms with van der Waals surface area (Å²) in [5, 5.41) is 15.1. The zero-order chi connectivity index (χ0) is 24.6. The van der Waals surface area contributed by atoms with Crippen molar-refractivity contribution >= 4 is 11.0 Å². The van der Waals surface area contributed by atoms with Crippen molar-refractivity contribution in [2.45, 2.75) is 43.9 Å². The molecule has 5 rings (SSSR count). The monoisotopic (exact) mass is 481 g/mol. The van der Waals surface area contributed by atoms with Gasteiger partial charge in [-0.3, -0.25) is 14.7 Å². The predicted octanol–water partition coefficient (Wildman–Crippen LogP) is 1.88. The first-order valence-electron chi connectivity index (χ1n) is 12.2. The molecule has 1 atom stereocenters. The van der Waals surface area contributed by atoms with Gasteiger partial charge >= 0.3 is 0 Å². The number of pyridine rings is 2. The van der Waals surface area contributed by atoms with Crippen molar-refractivity contribution in [2.75, 3.05) is 32.8 Å². The largest absolute Gasteiger partial charge is 0.492 e. The van der Waals surface area contributed by atoms with Crippen molar-refractivity contribution < 1.29 is 14.2 Å². The maximum atomic E-state index is 14.8. The third kappa shape index (κ3) is 4.63. The fraction of sp³-hybridized carbons (Fsp3) is 0.462. The molecule has 0 aliphatic carbocycles. The second kappa shape index (κ2) is 9.56. The third-order valence-electron chi connectivity index (χ3n) is 7.22. The Morgan fingerprint density at radius 1 is 1.40 bits per heavy atom. The smallest absolute Gasteiger partial charge is 0.251 e. The van der Waals surface area contributed by atoms with E-state index in [1.54, 1.807) is 6.07 Å². The summed E-state index contributed by atoms with van der Waals surface area (Å²) in [6.07, 6.45) is 8.41. The second-order valence-electron chi connectivity index (χ2n) is 9.75. The normalized spacial score (nSPS) is 25.4. The van der Waals surface area contributed by atoms with Gasteiger partial charge in [-0.1, -0.05) is 12.7 Å². The zero-order valence-corrected chi connectivity index (χ0v) is 19.8. The van der Waals surface area contributed by atoms with E-state index in [0.717, 1.165) is 61.9 Å². The number of ether oxygens (including phenoxy) is 1. The van der Waals surface area contributed by atoms with Crippen molar-refractivity contribution in [1.29, 1.82) is 0 Å². The van der Waals surface area contributed by atoms with Crippen LogP contribution in [0.2, 0.25) is 0 Å². The van der Waals surface area contributed by atoms with Crippen molar-refractivity contribution in [1.82, 2.24) is 19.8 Å². The van der Waals surface area contributed by atoms with Gasteiger partial charge in [-0.25, -0.2) is 4.39 Å². The molecule has 2 fully saturated rings. The number of hydrogen-bond donors (Lipinski definition) is 3. The highest BCUT2D eigenvalue weighted by atomic mass is 19.1. The van der Waals surface area contributed by atoms with Gasteiger partial charge in [0.2, 0.25) is 0 Å². The molecule has 0 radical (unpaired) electrons. The molecule has 5 heterocycles. The first-order chi connectivity index (χ1) is 16.9. The number of hydrogen-bond acceptors (Lipinski definition) is 7. The Morgan fingerprint density at radius 3 is 2.97 bits per heavy atom. The lowest BCUT2D eigenvalue weighted by Crippen LogP contribution is -2.48. The van der Waals surface area contributed by atoms with Gasteiger partial charge in [0.15, 0.2) is 0 Å². The van der Waals surface area contributed by atoms with E-state index < -0.39 is 11.4 Å². The molecular weight excluding hydrogens is 449 g/mol. The lowest BCUT2D eigenvalue weighted by atomic mass is 9.93. The molecule has 4 N–H and O–H groups in total. The second-order valence-corrected chi connectivity index (χ2v) is 9.75. The van der Waals surface area contributed by atoms with Crippen molar-refractivity contribution in [3.63, 3.8) is 0 Å². The summed E-state index contributed by atoms with van der Waals surface area (Å²) in [6, 6.07) is 3.33. The molecule has 2 saturated heterocycles. The molecule has 8 nitrogen and oxygen atoms in total. The molecule has 0 bridgehead atoms. The van der Waals surface area contributed by atoms with Gasteiger partial charge in [-0.2, -0.15) is 0 Å². The SMILES string of the molecule is C=C(/C=C1/CCCO/C1=C/N)CNC1CCN(C[C@]2(O)Cn3c(=O)ccc4ncc(F)c2c43)CC1. The van der Waals surface area contributed by atoms with Crippen LogP contribution in [0.25, 0.3) is 11.0 Å². The number of β-amino-alcohol motifs (C(OH)–C–C–N with tert-alkyl or cyclic N) is 1. The number of likely N-dealkylation sites (tertiary alicyclic amines) is 1. The number of allylic oxidation sites excluding steroid dienone is 1. The summed E-state index contributed by atoms with van der Waals surface area (Å²) in [5.74, 6) is 0.167. The van der Waals surface area contributed by atoms with Gasteiger partial charge < -0.3 is 25.5 Å². The van der Waals surface area contributed by atoms with Crippen LogP contribution in [0.3, 0.4) is 0 Å². The van der Waals surface area contributed by atoms with Gasteiger partial charge in [0.05, 0.1) is 35.9 Å². The summed E-state index contributed by atoms with van der Waals surface area (Å²) in [5.41, 5.74) is 7.12. The first-order valence-corrected chi connectivity index (χ1v) is 12.2. The Kier molecular flexibility index (Phi) is 6.48. The molecule has 0 saturated carbocycles. The van der Waals surface area contributed by atoms with E-state index in [2.05, 4.69) is 27.9 Å². The van der Waals surface area contributed by atoms with Crippen LogP contribution < -0.4 is 16.6 Å². The van der Waals surface area contributed by atoms with Gasteiger partial charge in [0.1, 0.15) is 17.2 Å². The topological polar surface area (TPSA) is 106 Å². The van der Waals surface area contributed by atoms with Crippen molar-refractivity contribution in [3.05, 3.63) is 75.8 Å². The summed E-state index contributed by atoms with van der Waals surface area (Å²) < 4.78 is 21.8. The molecular formula is C26H32FN5O3. The standard InChI is InChI=1S/C26H32FN5O3/c1-17(11-18-3-2-10-35-22(18)12-28)13-29-19-6-8-31(9-7-19)15-26(34)16-32-23(33)5-4-21-25(32)24(26)20(27)14-30-21/h4-5,11-12,14,19,29,34H,1-3,6-10,13,15-16,28H2/b18-11-,22-12+/t26-/m0/s1. The van der Waals surface area contributed by atoms with Crippen LogP contribution in [0, 0.1) is 5.82 Å². The fourth-order valence-corrected chi connectivity index (χ4v) is 5.51. The number of halogens is 1. The Bertz CT molecular complexity index is 1260. The molecule has 2 aromatic rings. The number of nitrogens with one attached hydrogen (secondary N) is 1. The number of rotatable bonds is 6. The lowest BCUT2D eigenvalue weighted by Gasteiger charge is -2.37. The highest BCUT2D eigenvalue weighted by Crippen LogP contribution is 2.38. The van der Waals surface area contributed by atoms with E-state index in [4.69, 9.17) is 10.5 Å². The van der Waals surface area contributed by atoms with E-state index in [-0.39, 0.29) is 24.2 Å². The van der Waals surface area contributed by atoms with Crippen molar-refractivity contribution in [2.24, 2.45) is 5.73 Å². The van der Waals surface area contributed by atoms with Crippen LogP contribution >= 0.6 is 0 Å². The quantitative estimate of drug-likeness (QED) is 0.579. The summed E-state index contributed by atoms with van der Waals surface area (Å²) in [7, 11) is 0. The van der Waals surface area contributed by atoms with Crippen LogP contribution in [-0.4, -0.2) is 58.4 Å². The molecule has 0 amide bonds. The maximum absolute atomic E-state index is 14.8. The molecule has 0 unspecified atom stereocenters. The maximum Gasteiger partial charge on any atom is 0.251 e. The first kappa shape index (κ1) is 23.7. The average molecular weight is 482 g/mol. The molecule has 3 aliphatic heterocycles. The van der Waals surface area contributed by atoms with Crippen LogP contribution in [0.5, 0.6) is 0 Å². The Morgan fingerprint density at radius 2 is 2.20 bits per heavy atom. The zero-order valence-electron chi connectivity index (χ0n) is 19.8. The van der Waals surface area contributed by atoms with E-state index in [9.17, 15) is 14.3 Å². The van der Waals surface area contributed by atoms with Gasteiger partial charge in [0.25, 0.3) is 5.56 Å². The summed E-state index contributed by atoms with van der Waals surface area (Å²) >= 11 is 0. The molecule has 9 heteroatoms. The molecule has 0 aromatic carbocycles. The lowest BCUT2D eigenvalue weighted by molar-refractivity contribution is -0.0158. The third-order valence-corrected chi connectivity index (χ3v) is 7.22. The van der Waals surface area contributed by atoms with Crippen LogP contribution in [0.4, 0.5) is 4.39 Å². The Labute approximate surface area is 203 Å². The summed E-state index contributed by atoms with van der Waals surface area (Å²) in [4.78, 5) is 18.6. The molecule has 35 heavy (non-hydrogen) atoms. The molecule has 2 aromatic heterocycles. The molecule has 186 valence electrons. The van der Waals surface area contributed by atoms with E-state index in [0.29, 0.717) is 30.2 Å². The minimum atomic E-state index is -1.46. The predicted molar refractivity (Wildman–Crippen MR) is 132 cm³/mol. The fourth-order valence-electron chi connectivity index (χ4n) is 5.51. The van der Waals surface area contributed by atoms with Gasteiger partial charge in [0, 0.05) is 31.4 Å². The minimum Gasteiger partial charge on any atom is -0.492 e. The van der Waals surface area contributed by atoms with Gasteiger partial charge in [-0.05, 0) is 56.0 Å². The van der Waals surface area contributed by atoms with E-state index >= 15 is 0 Å². The van der Waals surface area contributed by atoms with Gasteiger partial charge in [-0.15, -0.1) is 0 Å². The number of piperidine rings is 1. The summed E-state index contributed by atoms with van der Waals surface area (Å²) in [6.45, 7) is 7.38. The Balaban J connectivity index is 1.18. The highest BCUT2D eigenvalue weighted by Gasteiger charge is 2.43. The van der Waals surface area contributed by atoms with Crippen LogP contribution in [-0.2, 0) is 16.9 Å². The molecule has 3 aliphatic rings. The van der Waals surface area contributed by atoms with E-state index in [1.807, 2.05) is 0 Å². The number of nitrogens with zero attached hydrogens (tertiary/aromatic N) is 3. The van der Waals surface area contributed by atoms with Crippen molar-refractivity contribution in [3.8, 4) is 0 Å². The number of nitrogens with two attached hydrogens (primary N) is 1. The van der Waals surface area contributed by atoms with Crippen LogP contribution in [0.1, 0.15) is 31.2 Å². The Hall–Kier alpha value is -3.01. The average Bonchev–Trinajstić information content (AvgIpc) is 3.17. The minimum absolute atomic E-state index is 0.0384. The number of aliphatic hydroxyl groups is 1. The van der Waals surface area contributed by atoms with E-state index in [1.165, 1.54) is 16.8 Å². The highest BCUT2D eigenvalue weighted by molar-refractivity contribution is 5.81. The molecule has 0 spiro atoms. The van der Waals surface area contributed by atoms with Crippen LogP contribution in [0.15, 0.2) is 58.9 Å². The number of aromatic nitrogens is 2.